The van der Waals surface area contributed by atoms with Crippen molar-refractivity contribution in [3.05, 3.63) is 48.4 Å². The Morgan fingerprint density at radius 3 is 2.31 bits per heavy atom. The van der Waals surface area contributed by atoms with Gasteiger partial charge in [0.1, 0.15) is 0 Å². The lowest BCUT2D eigenvalue weighted by Gasteiger charge is -2.26. The zero-order valence-corrected chi connectivity index (χ0v) is 8.04. The maximum absolute atomic E-state index is 9.04. The first-order valence-electron chi connectivity index (χ1n) is 4.24. The molecule has 0 heterocycles. The zero-order chi connectivity index (χ0) is 9.90. The van der Waals surface area contributed by atoms with Gasteiger partial charge in [-0.1, -0.05) is 30.3 Å². The third-order valence-corrected chi connectivity index (χ3v) is 1.95. The predicted octanol–water partition coefficient (Wildman–Crippen LogP) is 2.54. The fourth-order valence-corrected chi connectivity index (χ4v) is 1.29. The summed E-state index contributed by atoms with van der Waals surface area (Å²) in [7, 11) is 0. The molecule has 13 heavy (non-hydrogen) atoms. The number of aliphatic hydroxyl groups is 1. The van der Waals surface area contributed by atoms with E-state index in [0.29, 0.717) is 0 Å². The molecule has 0 saturated heterocycles. The SMILES string of the molecule is C=C(O)NC(C)(C)c1ccccc1. The van der Waals surface area contributed by atoms with Crippen molar-refractivity contribution in [3.63, 3.8) is 0 Å². The van der Waals surface area contributed by atoms with Gasteiger partial charge in [-0.15, -0.1) is 0 Å². The molecule has 0 aromatic heterocycles. The summed E-state index contributed by atoms with van der Waals surface area (Å²) in [5, 5.41) is 11.9. The molecule has 1 aromatic carbocycles. The highest BCUT2D eigenvalue weighted by Gasteiger charge is 2.19. The molecule has 0 amide bonds. The van der Waals surface area contributed by atoms with Gasteiger partial charge in [-0.2, -0.15) is 0 Å². The van der Waals surface area contributed by atoms with Gasteiger partial charge in [0.2, 0.25) is 0 Å². The molecule has 0 aliphatic rings. The highest BCUT2D eigenvalue weighted by molar-refractivity contribution is 5.23. The van der Waals surface area contributed by atoms with Crippen molar-refractivity contribution in [2.45, 2.75) is 19.4 Å². The van der Waals surface area contributed by atoms with Crippen LogP contribution in [-0.2, 0) is 5.54 Å². The van der Waals surface area contributed by atoms with E-state index in [1.807, 2.05) is 44.2 Å². The van der Waals surface area contributed by atoms with E-state index in [1.54, 1.807) is 0 Å². The Hall–Kier alpha value is -1.44. The Kier molecular flexibility index (Phi) is 2.61. The quantitative estimate of drug-likeness (QED) is 0.695. The minimum Gasteiger partial charge on any atom is -0.495 e. The first-order chi connectivity index (χ1) is 6.02. The van der Waals surface area contributed by atoms with Crippen LogP contribution in [0.5, 0.6) is 0 Å². The van der Waals surface area contributed by atoms with Gasteiger partial charge in [0.05, 0.1) is 5.54 Å². The molecular formula is C11H15NO. The lowest BCUT2D eigenvalue weighted by atomic mass is 9.95. The van der Waals surface area contributed by atoms with Crippen LogP contribution in [0, 0.1) is 0 Å². The first kappa shape index (κ1) is 9.65. The second-order valence-electron chi connectivity index (χ2n) is 3.56. The lowest BCUT2D eigenvalue weighted by molar-refractivity contribution is 0.302. The Morgan fingerprint density at radius 2 is 1.85 bits per heavy atom. The van der Waals surface area contributed by atoms with Gasteiger partial charge in [0.15, 0.2) is 5.88 Å². The van der Waals surface area contributed by atoms with Crippen LogP contribution in [0.25, 0.3) is 0 Å². The largest absolute Gasteiger partial charge is 0.495 e. The summed E-state index contributed by atoms with van der Waals surface area (Å²) in [6.45, 7) is 7.39. The van der Waals surface area contributed by atoms with Crippen LogP contribution in [0.2, 0.25) is 0 Å². The smallest absolute Gasteiger partial charge is 0.177 e. The van der Waals surface area contributed by atoms with E-state index in [0.717, 1.165) is 5.56 Å². The van der Waals surface area contributed by atoms with E-state index < -0.39 is 0 Å². The Labute approximate surface area is 78.9 Å². The molecule has 2 N–H and O–H groups in total. The average molecular weight is 177 g/mol. The lowest BCUT2D eigenvalue weighted by Crippen LogP contribution is -2.35. The van der Waals surface area contributed by atoms with Gasteiger partial charge in [-0.25, -0.2) is 0 Å². The Bertz CT molecular complexity index is 290. The molecule has 0 unspecified atom stereocenters. The summed E-state index contributed by atoms with van der Waals surface area (Å²) < 4.78 is 0. The van der Waals surface area contributed by atoms with E-state index in [9.17, 15) is 0 Å². The normalized spacial score (nSPS) is 10.9. The number of hydrogen-bond acceptors (Lipinski definition) is 2. The molecule has 0 aliphatic heterocycles. The molecule has 0 fully saturated rings. The van der Waals surface area contributed by atoms with E-state index in [-0.39, 0.29) is 11.4 Å². The molecule has 0 saturated carbocycles. The van der Waals surface area contributed by atoms with Crippen LogP contribution >= 0.6 is 0 Å². The average Bonchev–Trinajstić information content (AvgIpc) is 2.04. The molecular weight excluding hydrogens is 162 g/mol. The second kappa shape index (κ2) is 3.52. The zero-order valence-electron chi connectivity index (χ0n) is 8.04. The van der Waals surface area contributed by atoms with Crippen LogP contribution in [0.1, 0.15) is 19.4 Å². The van der Waals surface area contributed by atoms with Gasteiger partial charge < -0.3 is 10.4 Å². The molecule has 0 aliphatic carbocycles. The first-order valence-corrected chi connectivity index (χ1v) is 4.24. The van der Waals surface area contributed by atoms with Gasteiger partial charge >= 0.3 is 0 Å². The summed E-state index contributed by atoms with van der Waals surface area (Å²) in [6.07, 6.45) is 0. The van der Waals surface area contributed by atoms with Crippen LogP contribution in [0.15, 0.2) is 42.8 Å². The molecule has 70 valence electrons. The van der Waals surface area contributed by atoms with Crippen molar-refractivity contribution in [2.75, 3.05) is 0 Å². The highest BCUT2D eigenvalue weighted by Crippen LogP contribution is 2.19. The summed E-state index contributed by atoms with van der Waals surface area (Å²) >= 11 is 0. The number of benzene rings is 1. The van der Waals surface area contributed by atoms with Crippen molar-refractivity contribution in [2.24, 2.45) is 0 Å². The van der Waals surface area contributed by atoms with E-state index >= 15 is 0 Å². The molecule has 0 spiro atoms. The predicted molar refractivity (Wildman–Crippen MR) is 54.4 cm³/mol. The maximum atomic E-state index is 9.04. The van der Waals surface area contributed by atoms with Crippen molar-refractivity contribution in [1.29, 1.82) is 0 Å². The van der Waals surface area contributed by atoms with Crippen LogP contribution in [0.4, 0.5) is 0 Å². The van der Waals surface area contributed by atoms with Crippen LogP contribution in [0.3, 0.4) is 0 Å². The van der Waals surface area contributed by atoms with Gasteiger partial charge in [0, 0.05) is 0 Å². The number of aliphatic hydroxyl groups excluding tert-OH is 1. The van der Waals surface area contributed by atoms with Gasteiger partial charge in [0.25, 0.3) is 0 Å². The molecule has 2 nitrogen and oxygen atoms in total. The van der Waals surface area contributed by atoms with Crippen molar-refractivity contribution in [3.8, 4) is 0 Å². The second-order valence-corrected chi connectivity index (χ2v) is 3.56. The van der Waals surface area contributed by atoms with Crippen molar-refractivity contribution < 1.29 is 5.11 Å². The standard InChI is InChI=1S/C11H15NO/c1-9(13)12-11(2,3)10-7-5-4-6-8-10/h4-8,12-13H,1H2,2-3H3. The molecule has 1 aromatic rings. The summed E-state index contributed by atoms with van der Waals surface area (Å²) in [6, 6.07) is 9.93. The van der Waals surface area contributed by atoms with Crippen molar-refractivity contribution in [1.82, 2.24) is 5.32 Å². The Balaban J connectivity index is 2.87. The summed E-state index contributed by atoms with van der Waals surface area (Å²) in [5.74, 6) is -0.00569. The maximum Gasteiger partial charge on any atom is 0.177 e. The van der Waals surface area contributed by atoms with Gasteiger partial charge in [-0.3, -0.25) is 0 Å². The van der Waals surface area contributed by atoms with E-state index in [2.05, 4.69) is 11.9 Å². The molecule has 1 rings (SSSR count). The van der Waals surface area contributed by atoms with Gasteiger partial charge in [-0.05, 0) is 26.0 Å². The van der Waals surface area contributed by atoms with Crippen LogP contribution < -0.4 is 5.32 Å². The molecule has 2 heteroatoms. The van der Waals surface area contributed by atoms with E-state index in [1.165, 1.54) is 0 Å². The summed E-state index contributed by atoms with van der Waals surface area (Å²) in [4.78, 5) is 0. The fraction of sp³-hybridized carbons (Fsp3) is 0.273. The highest BCUT2D eigenvalue weighted by atomic mass is 16.3. The molecule has 0 bridgehead atoms. The van der Waals surface area contributed by atoms with Crippen LogP contribution in [-0.4, -0.2) is 5.11 Å². The number of nitrogens with one attached hydrogen (secondary N) is 1. The third kappa shape index (κ3) is 2.51. The molecule has 0 radical (unpaired) electrons. The monoisotopic (exact) mass is 177 g/mol. The van der Waals surface area contributed by atoms with E-state index in [4.69, 9.17) is 5.11 Å². The third-order valence-electron chi connectivity index (χ3n) is 1.95. The minimum absolute atomic E-state index is 0.00569. The Morgan fingerprint density at radius 1 is 1.31 bits per heavy atom. The number of hydrogen-bond donors (Lipinski definition) is 2. The summed E-state index contributed by atoms with van der Waals surface area (Å²) in [5.41, 5.74) is 0.831. The topological polar surface area (TPSA) is 32.3 Å². The minimum atomic E-state index is -0.285. The fourth-order valence-electron chi connectivity index (χ4n) is 1.29. The van der Waals surface area contributed by atoms with Crippen molar-refractivity contribution >= 4 is 0 Å². The number of rotatable bonds is 3. The molecule has 0 atom stereocenters.